The normalized spacial score (nSPS) is 11.8. The second-order valence-corrected chi connectivity index (χ2v) is 5.59. The van der Waals surface area contributed by atoms with E-state index in [0.29, 0.717) is 12.6 Å². The Kier molecular flexibility index (Phi) is 4.39. The quantitative estimate of drug-likeness (QED) is 0.867. The summed E-state index contributed by atoms with van der Waals surface area (Å²) in [6.07, 6.45) is -2.85. The Labute approximate surface area is 117 Å². The Morgan fingerprint density at radius 3 is 2.60 bits per heavy atom. The molecule has 20 heavy (non-hydrogen) atoms. The molecule has 0 aliphatic carbocycles. The minimum atomic E-state index is -4.56. The minimum absolute atomic E-state index is 0.00769. The highest BCUT2D eigenvalue weighted by Gasteiger charge is 2.33. The predicted molar refractivity (Wildman–Crippen MR) is 68.8 cm³/mol. The molecule has 1 aromatic carbocycles. The zero-order valence-corrected chi connectivity index (χ0v) is 11.4. The molecule has 2 rings (SSSR count). The van der Waals surface area contributed by atoms with E-state index in [9.17, 15) is 17.6 Å². The molecular formula is C13H12F4N2S. The van der Waals surface area contributed by atoms with Crippen LogP contribution in [0, 0.1) is 12.7 Å². The van der Waals surface area contributed by atoms with Crippen LogP contribution in [0.1, 0.15) is 21.0 Å². The van der Waals surface area contributed by atoms with E-state index in [0.717, 1.165) is 22.0 Å². The van der Waals surface area contributed by atoms with Crippen molar-refractivity contribution in [2.75, 3.05) is 0 Å². The second-order valence-electron chi connectivity index (χ2n) is 4.27. The van der Waals surface area contributed by atoms with Crippen LogP contribution in [-0.4, -0.2) is 4.98 Å². The Bertz CT molecular complexity index is 592. The minimum Gasteiger partial charge on any atom is -0.306 e. The lowest BCUT2D eigenvalue weighted by molar-refractivity contribution is -0.138. The highest BCUT2D eigenvalue weighted by Crippen LogP contribution is 2.32. The van der Waals surface area contributed by atoms with Crippen molar-refractivity contribution in [3.8, 4) is 0 Å². The molecule has 0 aliphatic heterocycles. The largest absolute Gasteiger partial charge is 0.416 e. The van der Waals surface area contributed by atoms with Gasteiger partial charge in [-0.25, -0.2) is 9.37 Å². The van der Waals surface area contributed by atoms with E-state index in [1.54, 1.807) is 6.20 Å². The number of nitrogens with zero attached hydrogens (tertiary/aromatic N) is 1. The third kappa shape index (κ3) is 3.77. The summed E-state index contributed by atoms with van der Waals surface area (Å²) in [6, 6.07) is 2.70. The molecule has 108 valence electrons. The van der Waals surface area contributed by atoms with Crippen LogP contribution in [0.4, 0.5) is 17.6 Å². The molecule has 1 heterocycles. The molecule has 0 saturated heterocycles. The van der Waals surface area contributed by atoms with Crippen molar-refractivity contribution in [2.45, 2.75) is 26.2 Å². The summed E-state index contributed by atoms with van der Waals surface area (Å²) in [7, 11) is 0. The van der Waals surface area contributed by atoms with Crippen molar-refractivity contribution < 1.29 is 17.6 Å². The molecule has 0 aliphatic rings. The molecule has 0 spiro atoms. The van der Waals surface area contributed by atoms with Gasteiger partial charge in [0.15, 0.2) is 0 Å². The Balaban J connectivity index is 2.06. The second kappa shape index (κ2) is 5.88. The number of nitrogens with one attached hydrogen (secondary N) is 1. The monoisotopic (exact) mass is 304 g/mol. The molecule has 0 amide bonds. The van der Waals surface area contributed by atoms with Crippen molar-refractivity contribution in [1.82, 2.24) is 10.3 Å². The topological polar surface area (TPSA) is 24.9 Å². The zero-order chi connectivity index (χ0) is 14.8. The fourth-order valence-corrected chi connectivity index (χ4v) is 2.51. The van der Waals surface area contributed by atoms with Crippen molar-refractivity contribution in [1.29, 1.82) is 0 Å². The zero-order valence-electron chi connectivity index (χ0n) is 10.6. The van der Waals surface area contributed by atoms with Gasteiger partial charge < -0.3 is 5.32 Å². The average molecular weight is 304 g/mol. The third-order valence-corrected chi connectivity index (χ3v) is 3.55. The number of benzene rings is 1. The molecule has 0 radical (unpaired) electrons. The van der Waals surface area contributed by atoms with Gasteiger partial charge >= 0.3 is 6.18 Å². The van der Waals surface area contributed by atoms with Crippen LogP contribution in [0.15, 0.2) is 24.4 Å². The Hall–Kier alpha value is -1.47. The van der Waals surface area contributed by atoms with Gasteiger partial charge in [0.05, 0.1) is 5.56 Å². The standard InChI is InChI=1S/C13H12F4N2S/c1-8-5-19-12(20-8)7-18-6-9-2-3-10(14)4-11(9)13(15,16)17/h2-5,18H,6-7H2,1H3. The van der Waals surface area contributed by atoms with E-state index in [1.165, 1.54) is 11.3 Å². The molecule has 7 heteroatoms. The van der Waals surface area contributed by atoms with Crippen molar-refractivity contribution in [2.24, 2.45) is 0 Å². The van der Waals surface area contributed by atoms with Gasteiger partial charge in [-0.15, -0.1) is 11.3 Å². The van der Waals surface area contributed by atoms with Crippen molar-refractivity contribution in [3.63, 3.8) is 0 Å². The van der Waals surface area contributed by atoms with E-state index in [1.807, 2.05) is 6.92 Å². The SMILES string of the molecule is Cc1cnc(CNCc2ccc(F)cc2C(F)(F)F)s1. The Morgan fingerprint density at radius 1 is 1.25 bits per heavy atom. The maximum Gasteiger partial charge on any atom is 0.416 e. The Morgan fingerprint density at radius 2 is 2.00 bits per heavy atom. The molecule has 1 aromatic heterocycles. The number of hydrogen-bond donors (Lipinski definition) is 1. The van der Waals surface area contributed by atoms with Gasteiger partial charge in [-0.05, 0) is 24.6 Å². The average Bonchev–Trinajstić information content (AvgIpc) is 2.76. The van der Waals surface area contributed by atoms with Gasteiger partial charge in [0.1, 0.15) is 10.8 Å². The first-order chi connectivity index (χ1) is 9.36. The summed E-state index contributed by atoms with van der Waals surface area (Å²) in [5.74, 6) is -0.892. The van der Waals surface area contributed by atoms with E-state index >= 15 is 0 Å². The molecule has 0 unspecified atom stereocenters. The number of hydrogen-bond acceptors (Lipinski definition) is 3. The summed E-state index contributed by atoms with van der Waals surface area (Å²) < 4.78 is 51.3. The van der Waals surface area contributed by atoms with E-state index < -0.39 is 17.6 Å². The molecule has 0 fully saturated rings. The summed E-state index contributed by atoms with van der Waals surface area (Å²) in [6.45, 7) is 2.30. The van der Waals surface area contributed by atoms with E-state index in [2.05, 4.69) is 10.3 Å². The van der Waals surface area contributed by atoms with Crippen LogP contribution in [-0.2, 0) is 19.3 Å². The van der Waals surface area contributed by atoms with Crippen LogP contribution in [0.25, 0.3) is 0 Å². The molecule has 2 aromatic rings. The highest BCUT2D eigenvalue weighted by molar-refractivity contribution is 7.11. The summed E-state index contributed by atoms with van der Waals surface area (Å²) >= 11 is 1.48. The van der Waals surface area contributed by atoms with E-state index in [-0.39, 0.29) is 12.1 Å². The first kappa shape index (κ1) is 14.9. The summed E-state index contributed by atoms with van der Waals surface area (Å²) in [4.78, 5) is 5.15. The summed E-state index contributed by atoms with van der Waals surface area (Å²) in [5, 5.41) is 3.69. The van der Waals surface area contributed by atoms with Crippen LogP contribution in [0.5, 0.6) is 0 Å². The van der Waals surface area contributed by atoms with E-state index in [4.69, 9.17) is 0 Å². The first-order valence-corrected chi connectivity index (χ1v) is 6.65. The van der Waals surface area contributed by atoms with Gasteiger partial charge in [-0.3, -0.25) is 0 Å². The lowest BCUT2D eigenvalue weighted by atomic mass is 10.1. The molecule has 0 atom stereocenters. The number of aryl methyl sites for hydroxylation is 1. The fraction of sp³-hybridized carbons (Fsp3) is 0.308. The molecule has 0 saturated carbocycles. The van der Waals surface area contributed by atoms with Gasteiger partial charge in [0.2, 0.25) is 0 Å². The maximum atomic E-state index is 12.9. The molecule has 1 N–H and O–H groups in total. The number of halogens is 4. The predicted octanol–water partition coefficient (Wildman–Crippen LogP) is 3.90. The van der Waals surface area contributed by atoms with Crippen LogP contribution in [0.2, 0.25) is 0 Å². The number of thiazole rings is 1. The summed E-state index contributed by atoms with van der Waals surface area (Å²) in [5.41, 5.74) is -0.924. The first-order valence-electron chi connectivity index (χ1n) is 5.84. The van der Waals surface area contributed by atoms with Gasteiger partial charge in [-0.1, -0.05) is 6.07 Å². The fourth-order valence-electron chi connectivity index (χ4n) is 1.75. The number of rotatable bonds is 4. The molecule has 2 nitrogen and oxygen atoms in total. The lowest BCUT2D eigenvalue weighted by Crippen LogP contribution is -2.17. The lowest BCUT2D eigenvalue weighted by Gasteiger charge is -2.13. The van der Waals surface area contributed by atoms with Crippen LogP contribution >= 0.6 is 11.3 Å². The smallest absolute Gasteiger partial charge is 0.306 e. The van der Waals surface area contributed by atoms with Crippen LogP contribution in [0.3, 0.4) is 0 Å². The van der Waals surface area contributed by atoms with Gasteiger partial charge in [0.25, 0.3) is 0 Å². The number of aromatic nitrogens is 1. The van der Waals surface area contributed by atoms with Gasteiger partial charge in [0, 0.05) is 24.2 Å². The highest BCUT2D eigenvalue weighted by atomic mass is 32.1. The van der Waals surface area contributed by atoms with Gasteiger partial charge in [-0.2, -0.15) is 13.2 Å². The third-order valence-electron chi connectivity index (χ3n) is 2.64. The number of alkyl halides is 3. The van der Waals surface area contributed by atoms with Crippen molar-refractivity contribution >= 4 is 11.3 Å². The van der Waals surface area contributed by atoms with Crippen molar-refractivity contribution in [3.05, 3.63) is 51.2 Å². The molecule has 0 bridgehead atoms. The maximum absolute atomic E-state index is 12.9. The molecular weight excluding hydrogens is 292 g/mol. The van der Waals surface area contributed by atoms with Crippen LogP contribution < -0.4 is 5.32 Å².